The fraction of sp³-hybridized carbons (Fsp3) is 0.373. The number of aryl methyl sites for hydroxylation is 1. The Kier molecular flexibility index (Phi) is 17.4. The van der Waals surface area contributed by atoms with Gasteiger partial charge >= 0.3 is 11.9 Å². The zero-order valence-electron chi connectivity index (χ0n) is 40.1. The van der Waals surface area contributed by atoms with Crippen molar-refractivity contribution in [3.8, 4) is 11.5 Å². The highest BCUT2D eigenvalue weighted by molar-refractivity contribution is 7.91. The van der Waals surface area contributed by atoms with Crippen molar-refractivity contribution >= 4 is 45.2 Å². The fourth-order valence-corrected chi connectivity index (χ4v) is 9.28. The molecule has 0 aliphatic carbocycles. The van der Waals surface area contributed by atoms with Gasteiger partial charge in [-0.15, -0.1) is 0 Å². The highest BCUT2D eigenvalue weighted by Gasteiger charge is 2.51. The van der Waals surface area contributed by atoms with E-state index in [-0.39, 0.29) is 53.8 Å². The summed E-state index contributed by atoms with van der Waals surface area (Å²) in [7, 11) is 2.95. The monoisotopic (exact) mass is 994 g/mol. The van der Waals surface area contributed by atoms with Gasteiger partial charge in [-0.1, -0.05) is 78.7 Å². The van der Waals surface area contributed by atoms with Crippen LogP contribution < -0.4 is 15.0 Å². The minimum atomic E-state index is -3.72. The molecule has 1 saturated heterocycles. The second kappa shape index (κ2) is 23.8. The van der Waals surface area contributed by atoms with Crippen LogP contribution in [0.25, 0.3) is 11.2 Å². The number of H-pyrrole nitrogens is 1. The lowest BCUT2D eigenvalue weighted by Crippen LogP contribution is -2.42. The lowest BCUT2D eigenvalue weighted by Gasteiger charge is -2.37. The first kappa shape index (κ1) is 51.9. The number of benzene rings is 4. The van der Waals surface area contributed by atoms with E-state index in [1.807, 2.05) is 85.8 Å². The third-order valence-corrected chi connectivity index (χ3v) is 13.5. The number of aromatic amines is 1. The molecule has 1 aliphatic heterocycles. The summed E-state index contributed by atoms with van der Waals surface area (Å²) in [5.41, 5.74) is 1.22. The zero-order chi connectivity index (χ0) is 50.5. The Labute approximate surface area is 411 Å². The molecule has 1 aliphatic rings. The highest BCUT2D eigenvalue weighted by atomic mass is 32.2. The van der Waals surface area contributed by atoms with Crippen LogP contribution in [-0.2, 0) is 48.7 Å². The molecule has 2 N–H and O–H groups in total. The Balaban J connectivity index is 1.29. The van der Waals surface area contributed by atoms with Crippen molar-refractivity contribution in [2.24, 2.45) is 4.99 Å². The van der Waals surface area contributed by atoms with Crippen LogP contribution in [0.5, 0.6) is 11.5 Å². The smallest absolute Gasteiger partial charge is 0.306 e. The highest BCUT2D eigenvalue weighted by Crippen LogP contribution is 2.44. The Morgan fingerprint density at radius 2 is 1.51 bits per heavy atom. The second-order valence-corrected chi connectivity index (χ2v) is 19.1. The molecule has 0 bridgehead atoms. The number of nitrogens with zero attached hydrogens (tertiary/aromatic N) is 5. The molecule has 71 heavy (non-hydrogen) atoms. The number of carbonyl (C=O) groups is 2. The molecule has 0 unspecified atom stereocenters. The van der Waals surface area contributed by atoms with Gasteiger partial charge in [-0.3, -0.25) is 23.9 Å². The number of aromatic nitrogens is 4. The van der Waals surface area contributed by atoms with E-state index in [1.165, 1.54) is 17.2 Å². The average Bonchev–Trinajstić information content (AvgIpc) is 3.94. The predicted octanol–water partition coefficient (Wildman–Crippen LogP) is 6.35. The Morgan fingerprint density at radius 3 is 2.13 bits per heavy atom. The van der Waals surface area contributed by atoms with Gasteiger partial charge in [0.05, 0.1) is 50.7 Å². The summed E-state index contributed by atoms with van der Waals surface area (Å²) in [6.45, 7) is 0.939. The van der Waals surface area contributed by atoms with Crippen molar-refractivity contribution in [2.45, 2.75) is 74.1 Å². The largest absolute Gasteiger partial charge is 0.497 e. The summed E-state index contributed by atoms with van der Waals surface area (Å²) in [4.78, 5) is 56.2. The molecule has 2 aromatic heterocycles. The second-order valence-electron chi connectivity index (χ2n) is 17.0. The zero-order valence-corrected chi connectivity index (χ0v) is 41.0. The average molecular weight is 995 g/mol. The number of fused-ring (bicyclic) bond motifs is 1. The molecule has 6 aromatic rings. The molecule has 0 radical (unpaired) electrons. The summed E-state index contributed by atoms with van der Waals surface area (Å²) < 4.78 is 71.8. The van der Waals surface area contributed by atoms with Gasteiger partial charge in [-0.25, -0.2) is 18.4 Å². The summed E-state index contributed by atoms with van der Waals surface area (Å²) in [5.74, 6) is -0.712. The number of sulfone groups is 1. The SMILES string of the molecule is COc1ccc(C(OC[C@H]2O[C@@H](n3cnc4c(=O)[nH]c(/N=C/N(C)C)nc43)[C@H](OC(=O)CCCCCC(=O)O)[C@@H]2OCOCCS(=O)(=O)c2ccc(C)cc2)(c2ccccc2)c2ccc(OC)cc2)cc1. The number of hydrogen-bond acceptors (Lipinski definition) is 15. The number of aliphatic imine (C=N–C) groups is 1. The Hall–Kier alpha value is -6.97. The van der Waals surface area contributed by atoms with E-state index in [1.54, 1.807) is 57.5 Å². The third kappa shape index (κ3) is 12.7. The molecule has 4 atom stereocenters. The molecule has 7 rings (SSSR count). The van der Waals surface area contributed by atoms with Crippen LogP contribution in [0.15, 0.2) is 124 Å². The molecule has 4 aromatic carbocycles. The first-order valence-electron chi connectivity index (χ1n) is 22.9. The lowest BCUT2D eigenvalue weighted by atomic mass is 9.80. The fourth-order valence-electron chi connectivity index (χ4n) is 8.16. The molecule has 376 valence electrons. The van der Waals surface area contributed by atoms with E-state index < -0.39 is 64.3 Å². The van der Waals surface area contributed by atoms with Crippen molar-refractivity contribution in [3.05, 3.63) is 142 Å². The van der Waals surface area contributed by atoms with Gasteiger partial charge in [0.25, 0.3) is 5.56 Å². The van der Waals surface area contributed by atoms with Gasteiger partial charge in [0.15, 0.2) is 33.3 Å². The van der Waals surface area contributed by atoms with Crippen molar-refractivity contribution in [1.29, 1.82) is 0 Å². The number of rotatable bonds is 25. The number of aliphatic carboxylic acids is 1. The molecule has 3 heterocycles. The molecule has 0 amide bonds. The summed E-state index contributed by atoms with van der Waals surface area (Å²) in [6, 6.07) is 31.0. The third-order valence-electron chi connectivity index (χ3n) is 11.8. The van der Waals surface area contributed by atoms with Crippen LogP contribution in [0, 0.1) is 6.92 Å². The van der Waals surface area contributed by atoms with Crippen LogP contribution in [-0.4, -0.2) is 129 Å². The lowest BCUT2D eigenvalue weighted by molar-refractivity contribution is -0.169. The first-order valence-corrected chi connectivity index (χ1v) is 24.6. The predicted molar refractivity (Wildman–Crippen MR) is 262 cm³/mol. The molecule has 1 fully saturated rings. The maximum atomic E-state index is 13.9. The van der Waals surface area contributed by atoms with Gasteiger partial charge in [0, 0.05) is 26.9 Å². The van der Waals surface area contributed by atoms with E-state index in [4.69, 9.17) is 38.3 Å². The van der Waals surface area contributed by atoms with Crippen molar-refractivity contribution in [3.63, 3.8) is 0 Å². The number of esters is 1. The number of nitrogens with one attached hydrogen (secondary N) is 1. The maximum absolute atomic E-state index is 13.9. The van der Waals surface area contributed by atoms with Crippen LogP contribution >= 0.6 is 0 Å². The van der Waals surface area contributed by atoms with Crippen molar-refractivity contribution in [1.82, 2.24) is 24.4 Å². The maximum Gasteiger partial charge on any atom is 0.306 e. The number of unbranched alkanes of at least 4 members (excludes halogenated alkanes) is 2. The van der Waals surface area contributed by atoms with Crippen LogP contribution in [0.4, 0.5) is 5.95 Å². The number of hydrogen-bond donors (Lipinski definition) is 2. The Morgan fingerprint density at radius 1 is 0.873 bits per heavy atom. The van der Waals surface area contributed by atoms with Crippen molar-refractivity contribution in [2.75, 3.05) is 54.1 Å². The Bertz CT molecular complexity index is 2860. The number of ether oxygens (including phenoxy) is 7. The first-order chi connectivity index (χ1) is 34.2. The van der Waals surface area contributed by atoms with E-state index in [9.17, 15) is 22.8 Å². The van der Waals surface area contributed by atoms with Gasteiger partial charge in [0.2, 0.25) is 5.95 Å². The quantitative estimate of drug-likeness (QED) is 0.0159. The number of carboxylic acid groups (broad SMARTS) is 1. The molecule has 0 saturated carbocycles. The van der Waals surface area contributed by atoms with E-state index >= 15 is 0 Å². The van der Waals surface area contributed by atoms with Gasteiger partial charge in [-0.05, 0) is 72.9 Å². The van der Waals surface area contributed by atoms with Crippen molar-refractivity contribution < 1.29 is 56.3 Å². The number of carbonyl (C=O) groups excluding carboxylic acids is 1. The summed E-state index contributed by atoms with van der Waals surface area (Å²) in [6.07, 6.45) is -0.917. The number of carboxylic acids is 1. The normalized spacial score (nSPS) is 17.1. The van der Waals surface area contributed by atoms with Gasteiger partial charge < -0.3 is 43.2 Å². The molecular formula is C51H58N6O13S. The van der Waals surface area contributed by atoms with Crippen LogP contribution in [0.3, 0.4) is 0 Å². The molecule has 0 spiro atoms. The summed E-state index contributed by atoms with van der Waals surface area (Å²) >= 11 is 0. The number of methoxy groups -OCH3 is 2. The number of imidazole rings is 1. The van der Waals surface area contributed by atoms with E-state index in [2.05, 4.69) is 19.9 Å². The molecule has 20 heteroatoms. The molecule has 19 nitrogen and oxygen atoms in total. The summed E-state index contributed by atoms with van der Waals surface area (Å²) in [5, 5.41) is 9.16. The standard InChI is InChI=1S/C51H58N6O13S/c1-34-16-26-40(27-17-34)71(62,63)29-28-66-33-67-45-41(30-68-51(35-12-8-6-9-13-35,36-18-22-38(64-4)23-19-36)37-20-24-39(65-5)25-21-37)69-49(46(45)70-43(60)15-11-7-10-14-42(58)59)57-32-52-44-47(57)54-50(55-48(44)61)53-31-56(2)3/h6,8-9,12-13,16-27,31-32,41,45-46,49H,7,10-11,14-15,28-30,33H2,1-5H3,(H,58,59)(H,54,55,61)/b53-31+/t41-,45-,46-,49-/m1/s1. The topological polar surface area (TPSA) is 232 Å². The van der Waals surface area contributed by atoms with E-state index in [0.717, 1.165) is 22.3 Å². The minimum absolute atomic E-state index is 0.0286. The minimum Gasteiger partial charge on any atom is -0.497 e. The van der Waals surface area contributed by atoms with Gasteiger partial charge in [0.1, 0.15) is 36.1 Å². The van der Waals surface area contributed by atoms with Gasteiger partial charge in [-0.2, -0.15) is 4.98 Å². The molecular weight excluding hydrogens is 937 g/mol. The van der Waals surface area contributed by atoms with Crippen LogP contribution in [0.1, 0.15) is 60.6 Å². The van der Waals surface area contributed by atoms with E-state index in [0.29, 0.717) is 30.8 Å². The van der Waals surface area contributed by atoms with Crippen LogP contribution in [0.2, 0.25) is 0 Å².